The molecule has 2 aliphatic heterocycles. The highest BCUT2D eigenvalue weighted by atomic mass is 16.6. The van der Waals surface area contributed by atoms with Gasteiger partial charge in [0.1, 0.15) is 23.0 Å². The van der Waals surface area contributed by atoms with Gasteiger partial charge in [0.2, 0.25) is 0 Å². The first-order valence-corrected chi connectivity index (χ1v) is 11.0. The molecule has 3 aromatic rings. The van der Waals surface area contributed by atoms with E-state index in [9.17, 15) is 14.7 Å². The minimum atomic E-state index is -1.17. The summed E-state index contributed by atoms with van der Waals surface area (Å²) in [7, 11) is 0. The Balaban J connectivity index is 1.75. The molecule has 1 spiro atoms. The van der Waals surface area contributed by atoms with E-state index in [0.29, 0.717) is 39.7 Å². The van der Waals surface area contributed by atoms with Gasteiger partial charge in [-0.3, -0.25) is 9.59 Å². The average molecular weight is 460 g/mol. The van der Waals surface area contributed by atoms with E-state index < -0.39 is 23.8 Å². The van der Waals surface area contributed by atoms with Crippen LogP contribution in [0, 0.1) is 0 Å². The molecule has 2 heterocycles. The number of esters is 2. The molecule has 0 bridgehead atoms. The second kappa shape index (κ2) is 7.97. The first-order valence-electron chi connectivity index (χ1n) is 11.0. The van der Waals surface area contributed by atoms with Crippen molar-refractivity contribution in [3.8, 4) is 23.0 Å². The summed E-state index contributed by atoms with van der Waals surface area (Å²) >= 11 is 0. The van der Waals surface area contributed by atoms with Crippen molar-refractivity contribution in [1.29, 1.82) is 0 Å². The van der Waals surface area contributed by atoms with Crippen LogP contribution in [0.2, 0.25) is 0 Å². The van der Waals surface area contributed by atoms with Crippen LogP contribution in [-0.4, -0.2) is 17.0 Å². The third kappa shape index (κ3) is 3.45. The molecule has 0 radical (unpaired) electrons. The molecule has 1 atom stereocenters. The Morgan fingerprint density at radius 2 is 1.38 bits per heavy atom. The minimum absolute atomic E-state index is 0.279. The van der Waals surface area contributed by atoms with Crippen molar-refractivity contribution >= 4 is 11.9 Å². The van der Waals surface area contributed by atoms with Gasteiger partial charge in [0.15, 0.2) is 11.9 Å². The van der Waals surface area contributed by atoms with Crippen molar-refractivity contribution in [3.05, 3.63) is 82.4 Å². The number of carbonyl (C=O) groups excluding carboxylic acids is 2. The van der Waals surface area contributed by atoms with Gasteiger partial charge in [-0.05, 0) is 35.7 Å². The van der Waals surface area contributed by atoms with Gasteiger partial charge in [-0.15, -0.1) is 0 Å². The summed E-state index contributed by atoms with van der Waals surface area (Å²) in [5.41, 5.74) is 2.70. The maximum atomic E-state index is 11.5. The number of hydrogen-bond donors (Lipinski definition) is 1. The maximum Gasteiger partial charge on any atom is 0.308 e. The van der Waals surface area contributed by atoms with Crippen LogP contribution < -0.4 is 14.2 Å². The zero-order valence-electron chi connectivity index (χ0n) is 19.2. The Labute approximate surface area is 196 Å². The van der Waals surface area contributed by atoms with Gasteiger partial charge in [0.05, 0.1) is 0 Å². The van der Waals surface area contributed by atoms with E-state index in [0.717, 1.165) is 11.1 Å². The molecule has 2 aliphatic rings. The Hall–Kier alpha value is -3.68. The molecule has 0 saturated carbocycles. The summed E-state index contributed by atoms with van der Waals surface area (Å²) in [6.07, 6.45) is -1.16. The topological polar surface area (TPSA) is 91.3 Å². The van der Waals surface area contributed by atoms with Crippen LogP contribution in [0.25, 0.3) is 0 Å². The van der Waals surface area contributed by atoms with Crippen molar-refractivity contribution in [2.45, 2.75) is 45.5 Å². The maximum absolute atomic E-state index is 11.5. The van der Waals surface area contributed by atoms with Crippen LogP contribution in [0.5, 0.6) is 23.0 Å². The number of benzene rings is 3. The molecule has 1 N–H and O–H groups in total. The highest BCUT2D eigenvalue weighted by molar-refractivity contribution is 5.72. The van der Waals surface area contributed by atoms with Gasteiger partial charge in [-0.2, -0.15) is 0 Å². The molecule has 3 aromatic carbocycles. The van der Waals surface area contributed by atoms with Crippen molar-refractivity contribution in [3.63, 3.8) is 0 Å². The van der Waals surface area contributed by atoms with E-state index in [1.54, 1.807) is 36.4 Å². The molecule has 0 aliphatic carbocycles. The van der Waals surface area contributed by atoms with Crippen molar-refractivity contribution in [2.24, 2.45) is 0 Å². The number of hydrogen-bond acceptors (Lipinski definition) is 7. The van der Waals surface area contributed by atoms with E-state index in [1.165, 1.54) is 13.8 Å². The Morgan fingerprint density at radius 3 is 1.88 bits per heavy atom. The van der Waals surface area contributed by atoms with Crippen molar-refractivity contribution < 1.29 is 33.6 Å². The summed E-state index contributed by atoms with van der Waals surface area (Å²) in [5.74, 6) is 0.799. The monoisotopic (exact) mass is 460 g/mol. The number of carbonyl (C=O) groups is 2. The zero-order valence-corrected chi connectivity index (χ0v) is 19.2. The lowest BCUT2D eigenvalue weighted by Gasteiger charge is -2.37. The fraction of sp³-hybridized carbons (Fsp3) is 0.259. The standard InChI is InChI=1S/C27H24O7/c1-14(2)17-5-8-21-20(11-17)26(30)34-27(21)22-9-6-18(31-15(3)28)12-24(22)33-25-13-19(32-16(4)29)7-10-23(25)27/h5-14,26,30H,1-4H3. The summed E-state index contributed by atoms with van der Waals surface area (Å²) in [6.45, 7) is 6.82. The average Bonchev–Trinajstić information content (AvgIpc) is 3.05. The first-order chi connectivity index (χ1) is 16.2. The summed E-state index contributed by atoms with van der Waals surface area (Å²) in [4.78, 5) is 23.0. The quantitative estimate of drug-likeness (QED) is 0.431. The highest BCUT2D eigenvalue weighted by Crippen LogP contribution is 2.59. The second-order valence-electron chi connectivity index (χ2n) is 8.76. The van der Waals surface area contributed by atoms with Gasteiger partial charge >= 0.3 is 11.9 Å². The van der Waals surface area contributed by atoms with Crippen LogP contribution in [0.4, 0.5) is 0 Å². The molecule has 0 aromatic heterocycles. The lowest BCUT2D eigenvalue weighted by Crippen LogP contribution is -2.32. The SMILES string of the molecule is CC(=O)Oc1ccc2c(c1)Oc1cc(OC(C)=O)ccc1C21OC(O)c2cc(C(C)C)ccc21. The summed E-state index contributed by atoms with van der Waals surface area (Å²) in [6, 6.07) is 16.1. The lowest BCUT2D eigenvalue weighted by atomic mass is 9.77. The predicted molar refractivity (Wildman–Crippen MR) is 122 cm³/mol. The summed E-state index contributed by atoms with van der Waals surface area (Å²) < 4.78 is 23.0. The zero-order chi connectivity index (χ0) is 24.2. The largest absolute Gasteiger partial charge is 0.456 e. The lowest BCUT2D eigenvalue weighted by molar-refractivity contribution is -0.142. The van der Waals surface area contributed by atoms with Gasteiger partial charge in [-0.1, -0.05) is 32.0 Å². The molecule has 0 fully saturated rings. The third-order valence-corrected chi connectivity index (χ3v) is 6.08. The van der Waals surface area contributed by atoms with Gasteiger partial charge in [0.25, 0.3) is 0 Å². The van der Waals surface area contributed by atoms with Crippen molar-refractivity contribution in [2.75, 3.05) is 0 Å². The smallest absolute Gasteiger partial charge is 0.308 e. The van der Waals surface area contributed by atoms with Crippen LogP contribution in [0.15, 0.2) is 54.6 Å². The number of fused-ring (bicyclic) bond motifs is 6. The molecule has 5 rings (SSSR count). The van der Waals surface area contributed by atoms with Crippen LogP contribution in [0.3, 0.4) is 0 Å². The van der Waals surface area contributed by atoms with Gasteiger partial charge < -0.3 is 24.1 Å². The highest BCUT2D eigenvalue weighted by Gasteiger charge is 2.52. The van der Waals surface area contributed by atoms with E-state index in [-0.39, 0.29) is 5.92 Å². The van der Waals surface area contributed by atoms with E-state index in [1.807, 2.05) is 18.2 Å². The molecule has 7 heteroatoms. The molecular formula is C27H24O7. The Kier molecular flexibility index (Phi) is 5.19. The molecule has 1 unspecified atom stereocenters. The Morgan fingerprint density at radius 1 is 0.853 bits per heavy atom. The number of rotatable bonds is 3. The molecule has 0 saturated heterocycles. The van der Waals surface area contributed by atoms with E-state index in [4.69, 9.17) is 18.9 Å². The van der Waals surface area contributed by atoms with Crippen LogP contribution >= 0.6 is 0 Å². The fourth-order valence-electron chi connectivity index (χ4n) is 4.66. The predicted octanol–water partition coefficient (Wildman–Crippen LogP) is 5.08. The van der Waals surface area contributed by atoms with Crippen LogP contribution in [0.1, 0.15) is 67.7 Å². The number of aliphatic hydroxyl groups is 1. The van der Waals surface area contributed by atoms with Crippen molar-refractivity contribution in [1.82, 2.24) is 0 Å². The Bertz CT molecular complexity index is 1260. The van der Waals surface area contributed by atoms with Crippen LogP contribution in [-0.2, 0) is 19.9 Å². The number of aliphatic hydroxyl groups excluding tert-OH is 1. The number of ether oxygens (including phenoxy) is 4. The molecule has 7 nitrogen and oxygen atoms in total. The fourth-order valence-corrected chi connectivity index (χ4v) is 4.66. The molecule has 0 amide bonds. The summed E-state index contributed by atoms with van der Waals surface area (Å²) in [5, 5.41) is 11.0. The molecule has 34 heavy (non-hydrogen) atoms. The normalized spacial score (nSPS) is 16.9. The molecule has 174 valence electrons. The van der Waals surface area contributed by atoms with Gasteiger partial charge in [-0.25, -0.2) is 0 Å². The molecular weight excluding hydrogens is 436 g/mol. The minimum Gasteiger partial charge on any atom is -0.456 e. The van der Waals surface area contributed by atoms with E-state index in [2.05, 4.69) is 13.8 Å². The van der Waals surface area contributed by atoms with Gasteiger partial charge in [0, 0.05) is 48.2 Å². The van der Waals surface area contributed by atoms with E-state index >= 15 is 0 Å². The first kappa shape index (κ1) is 22.1. The second-order valence-corrected chi connectivity index (χ2v) is 8.76. The third-order valence-electron chi connectivity index (χ3n) is 6.08.